The molecule has 1 aromatic carbocycles. The number of nitrogens with zero attached hydrogens (tertiary/aromatic N) is 2. The van der Waals surface area contributed by atoms with Crippen LogP contribution in [-0.2, 0) is 25.4 Å². The molecule has 0 aliphatic rings. The van der Waals surface area contributed by atoms with E-state index in [-0.39, 0.29) is 5.41 Å². The van der Waals surface area contributed by atoms with Crippen LogP contribution in [0.5, 0.6) is 0 Å². The van der Waals surface area contributed by atoms with Crippen molar-refractivity contribution >= 4 is 17.3 Å². The summed E-state index contributed by atoms with van der Waals surface area (Å²) in [6.45, 7) is 9.41. The van der Waals surface area contributed by atoms with Crippen LogP contribution in [0.2, 0.25) is 5.02 Å². The van der Waals surface area contributed by atoms with E-state index < -0.39 is 0 Å². The van der Waals surface area contributed by atoms with Gasteiger partial charge in [-0.3, -0.25) is 4.68 Å². The molecule has 114 valence electrons. The molecule has 21 heavy (non-hydrogen) atoms. The normalized spacial score (nSPS) is 11.7. The molecule has 0 bridgehead atoms. The molecule has 0 unspecified atom stereocenters. The Labute approximate surface area is 132 Å². The molecule has 1 heterocycles. The molecular formula is C17H24ClN3. The standard InChI is InChI=1S/C17H24ClN3/c1-6-13-16(18)15(21(5)20-13)11-19-14-10-8-7-9-12(14)17(2,3)4/h7-10,19H,6,11H2,1-5H3. The van der Waals surface area contributed by atoms with Crippen molar-refractivity contribution in [3.05, 3.63) is 46.2 Å². The number of aryl methyl sites for hydroxylation is 2. The van der Waals surface area contributed by atoms with Gasteiger partial charge in [0.25, 0.3) is 0 Å². The van der Waals surface area contributed by atoms with Gasteiger partial charge in [-0.2, -0.15) is 5.10 Å². The maximum Gasteiger partial charge on any atom is 0.0868 e. The van der Waals surface area contributed by atoms with E-state index in [2.05, 4.69) is 62.4 Å². The molecule has 0 saturated carbocycles. The zero-order chi connectivity index (χ0) is 15.6. The van der Waals surface area contributed by atoms with E-state index in [1.807, 2.05) is 11.7 Å². The second-order valence-electron chi connectivity index (χ2n) is 6.33. The average Bonchev–Trinajstić information content (AvgIpc) is 2.70. The van der Waals surface area contributed by atoms with Gasteiger partial charge in [-0.05, 0) is 23.5 Å². The number of aromatic nitrogens is 2. The van der Waals surface area contributed by atoms with Crippen LogP contribution >= 0.6 is 11.6 Å². The Morgan fingerprint density at radius 3 is 2.48 bits per heavy atom. The second kappa shape index (κ2) is 6.10. The molecule has 0 radical (unpaired) electrons. The highest BCUT2D eigenvalue weighted by Gasteiger charge is 2.18. The molecule has 0 fully saturated rings. The molecule has 1 aromatic heterocycles. The quantitative estimate of drug-likeness (QED) is 0.898. The topological polar surface area (TPSA) is 29.9 Å². The van der Waals surface area contributed by atoms with Gasteiger partial charge < -0.3 is 5.32 Å². The number of benzene rings is 1. The first-order valence-corrected chi connectivity index (χ1v) is 7.76. The van der Waals surface area contributed by atoms with Crippen LogP contribution in [0.25, 0.3) is 0 Å². The van der Waals surface area contributed by atoms with Gasteiger partial charge in [-0.25, -0.2) is 0 Å². The van der Waals surface area contributed by atoms with Gasteiger partial charge in [-0.15, -0.1) is 0 Å². The van der Waals surface area contributed by atoms with Gasteiger partial charge in [0.2, 0.25) is 0 Å². The van der Waals surface area contributed by atoms with Gasteiger partial charge >= 0.3 is 0 Å². The number of para-hydroxylation sites is 1. The molecule has 0 spiro atoms. The average molecular weight is 306 g/mol. The summed E-state index contributed by atoms with van der Waals surface area (Å²) in [5, 5.41) is 8.75. The Hall–Kier alpha value is -1.48. The van der Waals surface area contributed by atoms with E-state index in [0.29, 0.717) is 6.54 Å². The monoisotopic (exact) mass is 305 g/mol. The van der Waals surface area contributed by atoms with Crippen LogP contribution in [0.4, 0.5) is 5.69 Å². The number of hydrogen-bond donors (Lipinski definition) is 1. The second-order valence-corrected chi connectivity index (χ2v) is 6.71. The van der Waals surface area contributed by atoms with Crippen LogP contribution in [0.3, 0.4) is 0 Å². The molecular weight excluding hydrogens is 282 g/mol. The highest BCUT2D eigenvalue weighted by Crippen LogP contribution is 2.30. The summed E-state index contributed by atoms with van der Waals surface area (Å²) in [5.74, 6) is 0. The Balaban J connectivity index is 2.24. The number of nitrogens with one attached hydrogen (secondary N) is 1. The van der Waals surface area contributed by atoms with Crippen LogP contribution in [-0.4, -0.2) is 9.78 Å². The van der Waals surface area contributed by atoms with E-state index in [0.717, 1.165) is 28.5 Å². The molecule has 2 rings (SSSR count). The number of halogens is 1. The lowest BCUT2D eigenvalue weighted by Crippen LogP contribution is -2.15. The van der Waals surface area contributed by atoms with Gasteiger partial charge in [0, 0.05) is 12.7 Å². The number of anilines is 1. The first-order chi connectivity index (χ1) is 9.84. The van der Waals surface area contributed by atoms with Crippen molar-refractivity contribution < 1.29 is 0 Å². The zero-order valence-electron chi connectivity index (χ0n) is 13.5. The van der Waals surface area contributed by atoms with Crippen molar-refractivity contribution in [3.8, 4) is 0 Å². The first-order valence-electron chi connectivity index (χ1n) is 7.38. The highest BCUT2D eigenvalue weighted by molar-refractivity contribution is 6.31. The van der Waals surface area contributed by atoms with Crippen molar-refractivity contribution in [1.82, 2.24) is 9.78 Å². The molecule has 0 aliphatic heterocycles. The lowest BCUT2D eigenvalue weighted by molar-refractivity contribution is 0.591. The minimum atomic E-state index is 0.106. The molecule has 0 amide bonds. The summed E-state index contributed by atoms with van der Waals surface area (Å²) >= 11 is 6.40. The Morgan fingerprint density at radius 2 is 1.90 bits per heavy atom. The summed E-state index contributed by atoms with van der Waals surface area (Å²) in [6, 6.07) is 8.42. The summed E-state index contributed by atoms with van der Waals surface area (Å²) in [4.78, 5) is 0. The summed E-state index contributed by atoms with van der Waals surface area (Å²) < 4.78 is 1.87. The minimum Gasteiger partial charge on any atom is -0.379 e. The predicted molar refractivity (Wildman–Crippen MR) is 90.1 cm³/mol. The molecule has 1 N–H and O–H groups in total. The third-order valence-corrected chi connectivity index (χ3v) is 4.12. The Bertz CT molecular complexity index is 623. The van der Waals surface area contributed by atoms with E-state index in [1.165, 1.54) is 5.56 Å². The fourth-order valence-corrected chi connectivity index (χ4v) is 2.84. The van der Waals surface area contributed by atoms with E-state index in [1.54, 1.807) is 0 Å². The van der Waals surface area contributed by atoms with Crippen LogP contribution in [0, 0.1) is 0 Å². The van der Waals surface area contributed by atoms with Crippen molar-refractivity contribution in [2.24, 2.45) is 7.05 Å². The molecule has 0 aliphatic carbocycles. The van der Waals surface area contributed by atoms with E-state index >= 15 is 0 Å². The van der Waals surface area contributed by atoms with Crippen molar-refractivity contribution in [1.29, 1.82) is 0 Å². The lowest BCUT2D eigenvalue weighted by atomic mass is 9.86. The minimum absolute atomic E-state index is 0.106. The lowest BCUT2D eigenvalue weighted by Gasteiger charge is -2.23. The maximum atomic E-state index is 6.40. The third-order valence-electron chi connectivity index (χ3n) is 3.68. The van der Waals surface area contributed by atoms with E-state index in [9.17, 15) is 0 Å². The fraction of sp³-hybridized carbons (Fsp3) is 0.471. The summed E-state index contributed by atoms with van der Waals surface area (Å²) in [5.41, 5.74) is 4.55. The molecule has 0 atom stereocenters. The van der Waals surface area contributed by atoms with Crippen molar-refractivity contribution in [2.75, 3.05) is 5.32 Å². The smallest absolute Gasteiger partial charge is 0.0868 e. The van der Waals surface area contributed by atoms with Crippen LogP contribution in [0.15, 0.2) is 24.3 Å². The van der Waals surface area contributed by atoms with Gasteiger partial charge in [0.1, 0.15) is 0 Å². The zero-order valence-corrected chi connectivity index (χ0v) is 14.3. The van der Waals surface area contributed by atoms with Crippen molar-refractivity contribution in [2.45, 2.75) is 46.1 Å². The van der Waals surface area contributed by atoms with E-state index in [4.69, 9.17) is 11.6 Å². The third kappa shape index (κ3) is 3.41. The Kier molecular flexibility index (Phi) is 4.62. The maximum absolute atomic E-state index is 6.40. The SMILES string of the molecule is CCc1nn(C)c(CNc2ccccc2C(C)(C)C)c1Cl. The van der Waals surface area contributed by atoms with Gasteiger partial charge in [0.05, 0.1) is 23.0 Å². The van der Waals surface area contributed by atoms with Crippen LogP contribution in [0.1, 0.15) is 44.6 Å². The molecule has 3 nitrogen and oxygen atoms in total. The predicted octanol–water partition coefficient (Wildman–Crippen LogP) is 4.55. The molecule has 4 heteroatoms. The molecule has 2 aromatic rings. The van der Waals surface area contributed by atoms with Gasteiger partial charge in [-0.1, -0.05) is 57.5 Å². The number of rotatable bonds is 4. The summed E-state index contributed by atoms with van der Waals surface area (Å²) in [7, 11) is 1.94. The molecule has 0 saturated heterocycles. The highest BCUT2D eigenvalue weighted by atomic mass is 35.5. The summed E-state index contributed by atoms with van der Waals surface area (Å²) in [6.07, 6.45) is 0.852. The van der Waals surface area contributed by atoms with Crippen molar-refractivity contribution in [3.63, 3.8) is 0 Å². The first kappa shape index (κ1) is 15.9. The Morgan fingerprint density at radius 1 is 1.24 bits per heavy atom. The number of hydrogen-bond acceptors (Lipinski definition) is 2. The van der Waals surface area contributed by atoms with Gasteiger partial charge in [0.15, 0.2) is 0 Å². The fourth-order valence-electron chi connectivity index (χ4n) is 2.48. The van der Waals surface area contributed by atoms with Crippen LogP contribution < -0.4 is 5.32 Å². The largest absolute Gasteiger partial charge is 0.379 e.